The number of ketones is 2. The van der Waals surface area contributed by atoms with Crippen LogP contribution in [0.5, 0.6) is 0 Å². The van der Waals surface area contributed by atoms with E-state index < -0.39 is 65.1 Å². The Labute approximate surface area is 410 Å². The first-order valence-electron chi connectivity index (χ1n) is 22.5. The fraction of sp³-hybridized carbons (Fsp3) is 0.412. The minimum atomic E-state index is -3.36. The van der Waals surface area contributed by atoms with Crippen molar-refractivity contribution in [3.63, 3.8) is 0 Å². The molecule has 69 heavy (non-hydrogen) atoms. The molecular formula is C51H65FN4O10S2Si. The number of hydrogen-bond donors (Lipinski definition) is 3. The van der Waals surface area contributed by atoms with E-state index in [1.807, 2.05) is 39.0 Å². The summed E-state index contributed by atoms with van der Waals surface area (Å²) in [6, 6.07) is 21.9. The van der Waals surface area contributed by atoms with Crippen LogP contribution in [0.4, 0.5) is 15.8 Å². The molecule has 0 aliphatic rings. The molecule has 4 aromatic carbocycles. The van der Waals surface area contributed by atoms with E-state index in [1.165, 1.54) is 55.5 Å². The highest BCUT2D eigenvalue weighted by Gasteiger charge is 2.41. The molecule has 0 saturated heterocycles. The Morgan fingerprint density at radius 1 is 0.710 bits per heavy atom. The normalized spacial score (nSPS) is 13.5. The molecule has 14 nitrogen and oxygen atoms in total. The third-order valence-electron chi connectivity index (χ3n) is 11.8. The number of hydrogen-bond acceptors (Lipinski definition) is 10. The number of carbonyl (C=O) groups is 4. The molecule has 2 amide bonds. The minimum Gasteiger partial charge on any atom is -0.413 e. The van der Waals surface area contributed by atoms with Crippen LogP contribution < -0.4 is 10.6 Å². The van der Waals surface area contributed by atoms with Crippen LogP contribution in [0.3, 0.4) is 0 Å². The molecule has 0 unspecified atom stereocenters. The summed E-state index contributed by atoms with van der Waals surface area (Å²) in [6.45, 7) is 31.7. The summed E-state index contributed by atoms with van der Waals surface area (Å²) in [7, 11) is -9.89. The van der Waals surface area contributed by atoms with Gasteiger partial charge in [-0.1, -0.05) is 81.4 Å². The molecule has 0 aromatic heterocycles. The van der Waals surface area contributed by atoms with E-state index in [-0.39, 0.29) is 57.4 Å². The topological polar surface area (TPSA) is 199 Å². The molecule has 0 aliphatic carbocycles. The van der Waals surface area contributed by atoms with Gasteiger partial charge in [-0.2, -0.15) is 0 Å². The molecule has 0 radical (unpaired) electrons. The SMILES string of the molecule is [2H]CF.[C-]#[N+]c1ccc(C[C@@H](C(=O)NCC(=O)c2ccc(S(C)(=O)=O)cc2)[C@@H](C)O)cc1C.[C-]#[N+]c1ccc(C[C@@H](C(=O)NCC(=O)c2ccc(S(C)(=O)=O)cc2)[C@@H](C)O[Si](C)(C)C(C)(C)C)cc1C. The number of nitrogens with zero attached hydrogens (tertiary/aromatic N) is 2. The molecular weight excluding hydrogens is 940 g/mol. The molecule has 0 aliphatic heterocycles. The first-order valence-corrected chi connectivity index (χ1v) is 28.5. The van der Waals surface area contributed by atoms with Gasteiger partial charge in [0.2, 0.25) is 11.8 Å². The molecule has 18 heteroatoms. The molecule has 0 saturated carbocycles. The standard InChI is InChI=1S/C28H38N2O5SSi.C22H24N2O5S.CH3F/c1-19-16-21(10-15-25(19)29-6)17-24(20(2)35-37(8,9)28(3,4)5)27(32)30-18-26(31)22-11-13-23(14-12-22)36(7,33)34;1-14-11-16(5-10-20(14)23-3)12-19(15(2)25)22(27)24-13-21(26)17-6-8-18(9-7-17)30(4,28)29;1-2/h10-16,20,24H,17-18H2,1-5,7-9H3,(H,30,32);5-11,15,19,25H,12-13H2,1-2,4H3,(H,24,27);1H3/t20-,24-;15-,19-;/m11./s1/i;;1D. The Kier molecular flexibility index (Phi) is 21.3. The number of rotatable bonds is 18. The second-order valence-electron chi connectivity index (χ2n) is 18.3. The highest BCUT2D eigenvalue weighted by atomic mass is 32.2. The Morgan fingerprint density at radius 3 is 1.36 bits per heavy atom. The van der Waals surface area contributed by atoms with Gasteiger partial charge >= 0.3 is 0 Å². The van der Waals surface area contributed by atoms with Crippen molar-refractivity contribution in [2.45, 2.75) is 101 Å². The van der Waals surface area contributed by atoms with Crippen LogP contribution in [0.2, 0.25) is 18.1 Å². The monoisotopic (exact) mass is 1010 g/mol. The summed E-state index contributed by atoms with van der Waals surface area (Å²) in [5, 5.41) is 15.3. The summed E-state index contributed by atoms with van der Waals surface area (Å²) in [4.78, 5) is 58.2. The van der Waals surface area contributed by atoms with Crippen LogP contribution >= 0.6 is 0 Å². The number of carbonyl (C=O) groups excluding carboxylic acids is 4. The fourth-order valence-electron chi connectivity index (χ4n) is 6.70. The van der Waals surface area contributed by atoms with E-state index in [0.717, 1.165) is 34.8 Å². The quantitative estimate of drug-likeness (QED) is 0.0493. The number of sulfone groups is 2. The number of halogens is 1. The third-order valence-corrected chi connectivity index (χ3v) is 18.7. The van der Waals surface area contributed by atoms with E-state index in [1.54, 1.807) is 18.2 Å². The van der Waals surface area contributed by atoms with Crippen LogP contribution in [-0.2, 0) is 46.5 Å². The highest BCUT2D eigenvalue weighted by molar-refractivity contribution is 7.91. The van der Waals surface area contributed by atoms with Crippen LogP contribution in [-0.4, -0.2) is 98.6 Å². The van der Waals surface area contributed by atoms with E-state index in [9.17, 15) is 45.5 Å². The molecule has 372 valence electrons. The van der Waals surface area contributed by atoms with Gasteiger partial charge in [-0.25, -0.2) is 26.5 Å². The van der Waals surface area contributed by atoms with Crippen molar-refractivity contribution in [2.24, 2.45) is 11.8 Å². The number of aliphatic hydroxyl groups is 1. The first kappa shape index (κ1) is 57.4. The zero-order valence-corrected chi connectivity index (χ0v) is 43.8. The smallest absolute Gasteiger partial charge is 0.226 e. The first-order chi connectivity index (χ1) is 32.4. The van der Waals surface area contributed by atoms with Crippen LogP contribution in [0.25, 0.3) is 9.69 Å². The molecule has 4 rings (SSSR count). The van der Waals surface area contributed by atoms with Crippen LogP contribution in [0.15, 0.2) is 94.7 Å². The number of aryl methyl sites for hydroxylation is 2. The van der Waals surface area contributed by atoms with Gasteiger partial charge in [0.25, 0.3) is 0 Å². The molecule has 0 bridgehead atoms. The van der Waals surface area contributed by atoms with Crippen molar-refractivity contribution in [3.05, 3.63) is 141 Å². The molecule has 4 aromatic rings. The van der Waals surface area contributed by atoms with Crippen molar-refractivity contribution in [1.82, 2.24) is 10.6 Å². The van der Waals surface area contributed by atoms with Crippen molar-refractivity contribution in [2.75, 3.05) is 32.8 Å². The zero-order chi connectivity index (χ0) is 53.4. The van der Waals surface area contributed by atoms with Gasteiger partial charge in [0.1, 0.15) is 0 Å². The van der Waals surface area contributed by atoms with Gasteiger partial charge in [-0.05, 0) is 105 Å². The van der Waals surface area contributed by atoms with Crippen LogP contribution in [0, 0.1) is 38.8 Å². The largest absolute Gasteiger partial charge is 0.413 e. The zero-order valence-electron chi connectivity index (χ0n) is 42.1. The summed E-state index contributed by atoms with van der Waals surface area (Å²) in [6.07, 6.45) is 1.52. The molecule has 4 atom stereocenters. The maximum atomic E-state index is 13.4. The van der Waals surface area contributed by atoms with E-state index >= 15 is 0 Å². The number of alkyl halides is 1. The molecule has 0 spiro atoms. The minimum absolute atomic E-state index is 0.0375. The predicted octanol–water partition coefficient (Wildman–Crippen LogP) is 8.59. The summed E-state index contributed by atoms with van der Waals surface area (Å²) >= 11 is 0. The van der Waals surface area contributed by atoms with Gasteiger partial charge in [-0.3, -0.25) is 23.6 Å². The van der Waals surface area contributed by atoms with Gasteiger partial charge in [0.15, 0.2) is 50.9 Å². The van der Waals surface area contributed by atoms with Crippen molar-refractivity contribution >= 4 is 62.7 Å². The average molecular weight is 1010 g/mol. The summed E-state index contributed by atoms with van der Waals surface area (Å²) in [5.74, 6) is -2.75. The number of aliphatic hydroxyl groups excluding tert-OH is 1. The van der Waals surface area contributed by atoms with Gasteiger partial charge in [0.05, 0.1) is 68.6 Å². The maximum Gasteiger partial charge on any atom is 0.226 e. The second kappa shape index (κ2) is 25.6. The van der Waals surface area contributed by atoms with Crippen molar-refractivity contribution in [1.29, 1.82) is 0 Å². The lowest BCUT2D eigenvalue weighted by Crippen LogP contribution is -2.48. The van der Waals surface area contributed by atoms with Crippen LogP contribution in [0.1, 0.15) is 79.0 Å². The Bertz CT molecular complexity index is 2790. The van der Waals surface area contributed by atoms with E-state index in [0.29, 0.717) is 23.4 Å². The number of benzene rings is 4. The van der Waals surface area contributed by atoms with Gasteiger partial charge in [-0.15, -0.1) is 0 Å². The lowest BCUT2D eigenvalue weighted by atomic mass is 9.92. The average Bonchev–Trinajstić information content (AvgIpc) is 3.27. The number of amides is 2. The third kappa shape index (κ3) is 17.9. The Morgan fingerprint density at radius 2 is 1.06 bits per heavy atom. The van der Waals surface area contributed by atoms with Gasteiger partial charge < -0.3 is 20.2 Å². The predicted molar refractivity (Wildman–Crippen MR) is 270 cm³/mol. The second-order valence-corrected chi connectivity index (χ2v) is 27.1. The number of Topliss-reactive ketones (excluding diaryl/α,β-unsaturated/α-hetero) is 2. The summed E-state index contributed by atoms with van der Waals surface area (Å²) in [5.41, 5.74) is 5.06. The fourth-order valence-corrected chi connectivity index (χ4v) is 9.41. The van der Waals surface area contributed by atoms with Crippen molar-refractivity contribution < 1.29 is 51.3 Å². The maximum absolute atomic E-state index is 13.4. The lowest BCUT2D eigenvalue weighted by Gasteiger charge is -2.40. The van der Waals surface area contributed by atoms with Crippen molar-refractivity contribution in [3.8, 4) is 0 Å². The molecule has 3 N–H and O–H groups in total. The van der Waals surface area contributed by atoms with E-state index in [2.05, 4.69) is 54.2 Å². The lowest BCUT2D eigenvalue weighted by molar-refractivity contribution is -0.128. The molecule has 0 heterocycles. The number of nitrogens with one attached hydrogen (secondary N) is 2. The Balaban J connectivity index is 0.000000463. The Hall–Kier alpha value is -5.89. The van der Waals surface area contributed by atoms with E-state index in [4.69, 9.17) is 18.9 Å². The van der Waals surface area contributed by atoms with Gasteiger partial charge in [0, 0.05) is 23.6 Å². The highest BCUT2D eigenvalue weighted by Crippen LogP contribution is 2.38. The molecule has 0 fully saturated rings. The summed E-state index contributed by atoms with van der Waals surface area (Å²) < 4.78 is 68.4.